The summed E-state index contributed by atoms with van der Waals surface area (Å²) < 4.78 is 44.6. The number of carbonyl (C=O) groups excluding carboxylic acids is 1. The number of aromatic nitrogens is 2. The fraction of sp³-hybridized carbons (Fsp3) is 0.300. The van der Waals surface area contributed by atoms with Crippen molar-refractivity contribution in [3.05, 3.63) is 65.5 Å². The van der Waals surface area contributed by atoms with E-state index in [0.717, 1.165) is 12.1 Å². The van der Waals surface area contributed by atoms with Gasteiger partial charge in [0.2, 0.25) is 5.91 Å². The summed E-state index contributed by atoms with van der Waals surface area (Å²) in [5, 5.41) is 2.63. The first kappa shape index (κ1) is 20.8. The van der Waals surface area contributed by atoms with Gasteiger partial charge in [0.25, 0.3) is 0 Å². The van der Waals surface area contributed by atoms with E-state index in [2.05, 4.69) is 15.3 Å². The molecule has 1 heterocycles. The molecule has 154 valence electrons. The third-order valence-corrected chi connectivity index (χ3v) is 4.54. The number of para-hydroxylation sites is 2. The standard InChI is InChI=1S/C20H21F3N4O2/c1-29-10-9-25-19(28)17(24)16(12-5-4-6-13(11-12)20(21,22)23)18-26-14-7-2-3-8-15(14)27-18/h2-8,11,16-17H,9-10,24H2,1H3,(H,25,28)(H,26,27). The number of methoxy groups -OCH3 is 1. The predicted octanol–water partition coefficient (Wildman–Crippen LogP) is 2.80. The van der Waals surface area contributed by atoms with Crippen LogP contribution in [0, 0.1) is 0 Å². The van der Waals surface area contributed by atoms with Crippen LogP contribution in [0.15, 0.2) is 48.5 Å². The van der Waals surface area contributed by atoms with Crippen LogP contribution >= 0.6 is 0 Å². The first-order valence-corrected chi connectivity index (χ1v) is 8.95. The zero-order chi connectivity index (χ0) is 21.0. The third kappa shape index (κ3) is 4.75. The second kappa shape index (κ2) is 8.62. The molecule has 3 rings (SSSR count). The lowest BCUT2D eigenvalue weighted by molar-refractivity contribution is -0.137. The highest BCUT2D eigenvalue weighted by molar-refractivity contribution is 5.83. The van der Waals surface area contributed by atoms with E-state index >= 15 is 0 Å². The number of amides is 1. The van der Waals surface area contributed by atoms with E-state index in [9.17, 15) is 18.0 Å². The lowest BCUT2D eigenvalue weighted by Gasteiger charge is -2.23. The number of rotatable bonds is 7. The van der Waals surface area contributed by atoms with Crippen molar-refractivity contribution >= 4 is 16.9 Å². The van der Waals surface area contributed by atoms with Crippen LogP contribution in [0.5, 0.6) is 0 Å². The van der Waals surface area contributed by atoms with E-state index in [0.29, 0.717) is 16.9 Å². The summed E-state index contributed by atoms with van der Waals surface area (Å²) in [6.45, 7) is 0.524. The Labute approximate surface area is 165 Å². The second-order valence-corrected chi connectivity index (χ2v) is 6.55. The Kier molecular flexibility index (Phi) is 6.19. The zero-order valence-corrected chi connectivity index (χ0v) is 15.7. The smallest absolute Gasteiger partial charge is 0.383 e. The molecule has 2 unspecified atom stereocenters. The molecule has 0 spiro atoms. The summed E-state index contributed by atoms with van der Waals surface area (Å²) in [4.78, 5) is 20.1. The average Bonchev–Trinajstić information content (AvgIpc) is 3.11. The zero-order valence-electron chi connectivity index (χ0n) is 15.7. The number of hydrogen-bond donors (Lipinski definition) is 3. The van der Waals surface area contributed by atoms with Crippen molar-refractivity contribution in [3.63, 3.8) is 0 Å². The van der Waals surface area contributed by atoms with Crippen molar-refractivity contribution in [2.75, 3.05) is 20.3 Å². The van der Waals surface area contributed by atoms with Gasteiger partial charge >= 0.3 is 6.18 Å². The minimum Gasteiger partial charge on any atom is -0.383 e. The van der Waals surface area contributed by atoms with Gasteiger partial charge < -0.3 is 20.8 Å². The number of halogens is 3. The molecular formula is C20H21F3N4O2. The third-order valence-electron chi connectivity index (χ3n) is 4.54. The number of carbonyl (C=O) groups is 1. The molecule has 1 aromatic heterocycles. The summed E-state index contributed by atoms with van der Waals surface area (Å²) in [6, 6.07) is 10.8. The summed E-state index contributed by atoms with van der Waals surface area (Å²) in [5.41, 5.74) is 6.95. The van der Waals surface area contributed by atoms with Gasteiger partial charge in [0.1, 0.15) is 5.82 Å². The molecule has 0 radical (unpaired) electrons. The molecule has 0 aliphatic heterocycles. The minimum atomic E-state index is -4.51. The van der Waals surface area contributed by atoms with E-state index in [4.69, 9.17) is 10.5 Å². The van der Waals surface area contributed by atoms with Gasteiger partial charge in [-0.3, -0.25) is 4.79 Å². The van der Waals surface area contributed by atoms with Crippen molar-refractivity contribution in [2.24, 2.45) is 5.73 Å². The van der Waals surface area contributed by atoms with Crippen LogP contribution in [0.25, 0.3) is 11.0 Å². The number of aromatic amines is 1. The topological polar surface area (TPSA) is 93.0 Å². The van der Waals surface area contributed by atoms with E-state index in [1.165, 1.54) is 19.2 Å². The maximum absolute atomic E-state index is 13.2. The summed E-state index contributed by atoms with van der Waals surface area (Å²) >= 11 is 0. The highest BCUT2D eigenvalue weighted by Crippen LogP contribution is 2.33. The summed E-state index contributed by atoms with van der Waals surface area (Å²) in [6.07, 6.45) is -4.51. The number of hydrogen-bond acceptors (Lipinski definition) is 4. The molecule has 9 heteroatoms. The van der Waals surface area contributed by atoms with Gasteiger partial charge in [0.05, 0.1) is 35.2 Å². The van der Waals surface area contributed by atoms with Crippen molar-refractivity contribution < 1.29 is 22.7 Å². The largest absolute Gasteiger partial charge is 0.416 e. The molecule has 3 aromatic rings. The number of alkyl halides is 3. The van der Waals surface area contributed by atoms with Crippen LogP contribution in [0.1, 0.15) is 22.9 Å². The van der Waals surface area contributed by atoms with Gasteiger partial charge in [-0.2, -0.15) is 13.2 Å². The van der Waals surface area contributed by atoms with Gasteiger partial charge in [0.15, 0.2) is 0 Å². The molecule has 4 N–H and O–H groups in total. The minimum absolute atomic E-state index is 0.235. The number of H-pyrrole nitrogens is 1. The fourth-order valence-electron chi connectivity index (χ4n) is 3.11. The Morgan fingerprint density at radius 2 is 2.00 bits per heavy atom. The Bertz CT molecular complexity index is 954. The molecule has 0 fully saturated rings. The number of benzene rings is 2. The van der Waals surface area contributed by atoms with Crippen LogP contribution in [-0.2, 0) is 15.7 Å². The normalized spacial score (nSPS) is 14.0. The molecule has 6 nitrogen and oxygen atoms in total. The quantitative estimate of drug-likeness (QED) is 0.526. The van der Waals surface area contributed by atoms with Gasteiger partial charge in [-0.05, 0) is 23.8 Å². The Morgan fingerprint density at radius 1 is 1.24 bits per heavy atom. The summed E-state index contributed by atoms with van der Waals surface area (Å²) in [7, 11) is 1.49. The molecule has 2 aromatic carbocycles. The van der Waals surface area contributed by atoms with E-state index in [-0.39, 0.29) is 18.7 Å². The van der Waals surface area contributed by atoms with Crippen molar-refractivity contribution in [1.29, 1.82) is 0 Å². The highest BCUT2D eigenvalue weighted by Gasteiger charge is 2.34. The van der Waals surface area contributed by atoms with Gasteiger partial charge in [-0.1, -0.05) is 30.3 Å². The molecule has 0 aliphatic carbocycles. The number of nitrogens with one attached hydrogen (secondary N) is 2. The SMILES string of the molecule is COCCNC(=O)C(N)C(c1cccc(C(F)(F)F)c1)c1nc2ccccc2[nH]1. The van der Waals surface area contributed by atoms with Crippen molar-refractivity contribution in [1.82, 2.24) is 15.3 Å². The molecule has 2 atom stereocenters. The number of imidazole rings is 1. The van der Waals surface area contributed by atoms with Gasteiger partial charge in [0, 0.05) is 13.7 Å². The van der Waals surface area contributed by atoms with E-state index < -0.39 is 29.6 Å². The average molecular weight is 406 g/mol. The van der Waals surface area contributed by atoms with Crippen LogP contribution in [0.3, 0.4) is 0 Å². The molecular weight excluding hydrogens is 385 g/mol. The maximum Gasteiger partial charge on any atom is 0.416 e. The highest BCUT2D eigenvalue weighted by atomic mass is 19.4. The van der Waals surface area contributed by atoms with Crippen molar-refractivity contribution in [2.45, 2.75) is 18.1 Å². The van der Waals surface area contributed by atoms with Crippen LogP contribution in [0.4, 0.5) is 13.2 Å². The predicted molar refractivity (Wildman–Crippen MR) is 102 cm³/mol. The Morgan fingerprint density at radius 3 is 2.69 bits per heavy atom. The van der Waals surface area contributed by atoms with Crippen LogP contribution < -0.4 is 11.1 Å². The lowest BCUT2D eigenvalue weighted by Crippen LogP contribution is -2.46. The molecule has 0 bridgehead atoms. The Hall–Kier alpha value is -2.91. The second-order valence-electron chi connectivity index (χ2n) is 6.55. The molecule has 0 saturated carbocycles. The Balaban J connectivity index is 2.03. The van der Waals surface area contributed by atoms with Crippen LogP contribution in [0.2, 0.25) is 0 Å². The van der Waals surface area contributed by atoms with E-state index in [1.807, 2.05) is 0 Å². The fourth-order valence-corrected chi connectivity index (χ4v) is 3.11. The summed E-state index contributed by atoms with van der Waals surface area (Å²) in [5.74, 6) is -1.09. The molecule has 1 amide bonds. The van der Waals surface area contributed by atoms with E-state index in [1.54, 1.807) is 24.3 Å². The molecule has 0 saturated heterocycles. The van der Waals surface area contributed by atoms with Crippen LogP contribution in [-0.4, -0.2) is 42.2 Å². The first-order valence-electron chi connectivity index (χ1n) is 8.95. The van der Waals surface area contributed by atoms with Gasteiger partial charge in [-0.25, -0.2) is 4.98 Å². The van der Waals surface area contributed by atoms with Gasteiger partial charge in [-0.15, -0.1) is 0 Å². The molecule has 29 heavy (non-hydrogen) atoms. The molecule has 0 aliphatic rings. The number of nitrogens with zero attached hydrogens (tertiary/aromatic N) is 1. The number of fused-ring (bicyclic) bond motifs is 1. The number of ether oxygens (including phenoxy) is 1. The maximum atomic E-state index is 13.2. The number of nitrogens with two attached hydrogens (primary N) is 1. The monoisotopic (exact) mass is 406 g/mol. The van der Waals surface area contributed by atoms with Crippen molar-refractivity contribution in [3.8, 4) is 0 Å². The lowest BCUT2D eigenvalue weighted by atomic mass is 9.89. The first-order chi connectivity index (χ1) is 13.8.